The topological polar surface area (TPSA) is 37.8 Å². The smallest absolute Gasteiger partial charge is 0.155 e. The largest absolute Gasteiger partial charge is 0.365 e. The SMILES string of the molecule is C#CCC(C)Nc1nnc(Cl)c(C)c1C. The van der Waals surface area contributed by atoms with Crippen LogP contribution in [-0.4, -0.2) is 16.2 Å². The van der Waals surface area contributed by atoms with Crippen molar-refractivity contribution in [2.45, 2.75) is 33.2 Å². The Hall–Kier alpha value is -1.27. The van der Waals surface area contributed by atoms with Crippen molar-refractivity contribution in [3.63, 3.8) is 0 Å². The highest BCUT2D eigenvalue weighted by Gasteiger charge is 2.09. The van der Waals surface area contributed by atoms with Crippen LogP contribution in [0.4, 0.5) is 5.82 Å². The maximum atomic E-state index is 5.85. The Balaban J connectivity index is 2.88. The quantitative estimate of drug-likeness (QED) is 0.801. The van der Waals surface area contributed by atoms with Crippen LogP contribution in [0, 0.1) is 26.2 Å². The molecule has 0 saturated carbocycles. The second kappa shape index (κ2) is 4.99. The van der Waals surface area contributed by atoms with Gasteiger partial charge in [-0.3, -0.25) is 0 Å². The Morgan fingerprint density at radius 1 is 1.40 bits per heavy atom. The fourth-order valence-electron chi connectivity index (χ4n) is 1.17. The second-order valence-electron chi connectivity index (χ2n) is 3.54. The molecule has 15 heavy (non-hydrogen) atoms. The van der Waals surface area contributed by atoms with E-state index in [0.29, 0.717) is 11.6 Å². The molecule has 4 heteroatoms. The van der Waals surface area contributed by atoms with Gasteiger partial charge in [-0.1, -0.05) is 11.6 Å². The summed E-state index contributed by atoms with van der Waals surface area (Å²) in [6.07, 6.45) is 5.88. The zero-order valence-electron chi connectivity index (χ0n) is 9.13. The highest BCUT2D eigenvalue weighted by Crippen LogP contribution is 2.21. The molecule has 1 atom stereocenters. The molecule has 80 valence electrons. The van der Waals surface area contributed by atoms with Crippen molar-refractivity contribution in [3.8, 4) is 12.3 Å². The molecule has 1 N–H and O–H groups in total. The van der Waals surface area contributed by atoms with Crippen molar-refractivity contribution < 1.29 is 0 Å². The Morgan fingerprint density at radius 3 is 2.67 bits per heavy atom. The Morgan fingerprint density at radius 2 is 2.07 bits per heavy atom. The van der Waals surface area contributed by atoms with Gasteiger partial charge in [0.1, 0.15) is 0 Å². The van der Waals surface area contributed by atoms with Crippen molar-refractivity contribution >= 4 is 17.4 Å². The zero-order valence-corrected chi connectivity index (χ0v) is 9.89. The predicted octanol–water partition coefficient (Wildman–Crippen LogP) is 2.57. The third-order valence-corrected chi connectivity index (χ3v) is 2.63. The summed E-state index contributed by atoms with van der Waals surface area (Å²) < 4.78 is 0. The van der Waals surface area contributed by atoms with Gasteiger partial charge in [0.2, 0.25) is 0 Å². The maximum Gasteiger partial charge on any atom is 0.155 e. The number of terminal acetylenes is 1. The average Bonchev–Trinajstić information content (AvgIpc) is 2.20. The number of rotatable bonds is 3. The second-order valence-corrected chi connectivity index (χ2v) is 3.90. The standard InChI is InChI=1S/C11H14ClN3/c1-5-6-7(2)13-11-9(4)8(3)10(12)14-15-11/h1,7H,6H2,2-4H3,(H,13,15). The van der Waals surface area contributed by atoms with Crippen LogP contribution in [0.2, 0.25) is 5.15 Å². The molecule has 0 aromatic carbocycles. The maximum absolute atomic E-state index is 5.85. The number of hydrogen-bond donors (Lipinski definition) is 1. The van der Waals surface area contributed by atoms with Crippen molar-refractivity contribution in [2.24, 2.45) is 0 Å². The summed E-state index contributed by atoms with van der Waals surface area (Å²) in [5.74, 6) is 3.35. The van der Waals surface area contributed by atoms with Gasteiger partial charge in [0.05, 0.1) is 0 Å². The Kier molecular flexibility index (Phi) is 3.93. The van der Waals surface area contributed by atoms with Gasteiger partial charge in [0, 0.05) is 12.5 Å². The molecule has 0 fully saturated rings. The molecule has 0 radical (unpaired) electrons. The first kappa shape index (κ1) is 11.8. The van der Waals surface area contributed by atoms with Crippen LogP contribution < -0.4 is 5.32 Å². The van der Waals surface area contributed by atoms with Crippen LogP contribution in [0.1, 0.15) is 24.5 Å². The third-order valence-electron chi connectivity index (χ3n) is 2.27. The highest BCUT2D eigenvalue weighted by molar-refractivity contribution is 6.30. The number of halogens is 1. The summed E-state index contributed by atoms with van der Waals surface area (Å²) in [5.41, 5.74) is 1.96. The molecule has 0 bridgehead atoms. The molecule has 0 aliphatic rings. The van der Waals surface area contributed by atoms with E-state index in [2.05, 4.69) is 21.4 Å². The summed E-state index contributed by atoms with van der Waals surface area (Å²) in [6.45, 7) is 5.88. The van der Waals surface area contributed by atoms with E-state index in [-0.39, 0.29) is 6.04 Å². The molecule has 1 aromatic heterocycles. The number of anilines is 1. The molecule has 0 spiro atoms. The summed E-state index contributed by atoms with van der Waals surface area (Å²) in [6, 6.07) is 0.184. The minimum atomic E-state index is 0.184. The minimum absolute atomic E-state index is 0.184. The lowest BCUT2D eigenvalue weighted by atomic mass is 10.2. The first-order valence-electron chi connectivity index (χ1n) is 4.75. The predicted molar refractivity (Wildman–Crippen MR) is 63.1 cm³/mol. The van der Waals surface area contributed by atoms with Crippen LogP contribution >= 0.6 is 11.6 Å². The van der Waals surface area contributed by atoms with Gasteiger partial charge >= 0.3 is 0 Å². The lowest BCUT2D eigenvalue weighted by molar-refractivity contribution is 0.809. The van der Waals surface area contributed by atoms with Crippen LogP contribution in [0.5, 0.6) is 0 Å². The Labute approximate surface area is 95.2 Å². The van der Waals surface area contributed by atoms with Gasteiger partial charge in [-0.25, -0.2) is 0 Å². The summed E-state index contributed by atoms with van der Waals surface area (Å²) in [5, 5.41) is 11.5. The van der Waals surface area contributed by atoms with E-state index < -0.39 is 0 Å². The molecule has 1 aromatic rings. The van der Waals surface area contributed by atoms with E-state index in [1.807, 2.05) is 20.8 Å². The lowest BCUT2D eigenvalue weighted by Crippen LogP contribution is -2.17. The van der Waals surface area contributed by atoms with Crippen LogP contribution in [-0.2, 0) is 0 Å². The minimum Gasteiger partial charge on any atom is -0.365 e. The molecular formula is C11H14ClN3. The molecular weight excluding hydrogens is 210 g/mol. The fourth-order valence-corrected chi connectivity index (χ4v) is 1.35. The normalized spacial score (nSPS) is 11.9. The summed E-state index contributed by atoms with van der Waals surface area (Å²) in [7, 11) is 0. The van der Waals surface area contributed by atoms with Gasteiger partial charge in [0.25, 0.3) is 0 Å². The monoisotopic (exact) mass is 223 g/mol. The van der Waals surface area contributed by atoms with Crippen LogP contribution in [0.3, 0.4) is 0 Å². The summed E-state index contributed by atoms with van der Waals surface area (Å²) >= 11 is 5.85. The molecule has 0 amide bonds. The van der Waals surface area contributed by atoms with Crippen LogP contribution in [0.25, 0.3) is 0 Å². The summed E-state index contributed by atoms with van der Waals surface area (Å²) in [4.78, 5) is 0. The number of aromatic nitrogens is 2. The molecule has 0 saturated heterocycles. The zero-order chi connectivity index (χ0) is 11.4. The molecule has 1 heterocycles. The number of nitrogens with zero attached hydrogens (tertiary/aromatic N) is 2. The number of nitrogens with one attached hydrogen (secondary N) is 1. The van der Waals surface area contributed by atoms with Gasteiger partial charge in [-0.05, 0) is 31.9 Å². The van der Waals surface area contributed by atoms with E-state index in [1.54, 1.807) is 0 Å². The van der Waals surface area contributed by atoms with Crippen molar-refractivity contribution in [2.75, 3.05) is 5.32 Å². The van der Waals surface area contributed by atoms with Gasteiger partial charge in [0.15, 0.2) is 11.0 Å². The lowest BCUT2D eigenvalue weighted by Gasteiger charge is -2.14. The molecule has 1 unspecified atom stereocenters. The molecule has 0 aliphatic carbocycles. The third kappa shape index (κ3) is 2.84. The van der Waals surface area contributed by atoms with Gasteiger partial charge in [-0.2, -0.15) is 0 Å². The Bertz CT molecular complexity index is 396. The highest BCUT2D eigenvalue weighted by atomic mass is 35.5. The van der Waals surface area contributed by atoms with E-state index >= 15 is 0 Å². The molecule has 3 nitrogen and oxygen atoms in total. The van der Waals surface area contributed by atoms with Gasteiger partial charge in [-0.15, -0.1) is 22.5 Å². The molecule has 1 rings (SSSR count). The van der Waals surface area contributed by atoms with Crippen molar-refractivity contribution in [3.05, 3.63) is 16.3 Å². The molecule has 0 aliphatic heterocycles. The van der Waals surface area contributed by atoms with E-state index in [9.17, 15) is 0 Å². The average molecular weight is 224 g/mol. The first-order valence-corrected chi connectivity index (χ1v) is 5.13. The number of hydrogen-bond acceptors (Lipinski definition) is 3. The van der Waals surface area contributed by atoms with Crippen LogP contribution in [0.15, 0.2) is 0 Å². The van der Waals surface area contributed by atoms with E-state index in [0.717, 1.165) is 16.9 Å². The van der Waals surface area contributed by atoms with Crippen molar-refractivity contribution in [1.29, 1.82) is 0 Å². The van der Waals surface area contributed by atoms with E-state index in [4.69, 9.17) is 18.0 Å². The first-order chi connectivity index (χ1) is 7.06. The van der Waals surface area contributed by atoms with Gasteiger partial charge < -0.3 is 5.32 Å². The fraction of sp³-hybridized carbons (Fsp3) is 0.455. The van der Waals surface area contributed by atoms with E-state index in [1.165, 1.54) is 0 Å². The van der Waals surface area contributed by atoms with Crippen molar-refractivity contribution in [1.82, 2.24) is 10.2 Å².